The molecule has 0 radical (unpaired) electrons. The van der Waals surface area contributed by atoms with E-state index in [9.17, 15) is 5.11 Å². The first kappa shape index (κ1) is 11.4. The molecule has 0 saturated heterocycles. The number of fused-ring (bicyclic) bond motifs is 1. The summed E-state index contributed by atoms with van der Waals surface area (Å²) in [7, 11) is 0. The van der Waals surface area contributed by atoms with Gasteiger partial charge >= 0.3 is 0 Å². The Bertz CT molecular complexity index is 306. The van der Waals surface area contributed by atoms with Gasteiger partial charge in [0.05, 0.1) is 5.69 Å². The smallest absolute Gasteiger partial charge is 0.111 e. The number of hydrogen-bond donors (Lipinski definition) is 2. The monoisotopic (exact) mass is 214 g/mol. The number of nitrogens with two attached hydrogens (primary N) is 1. The number of aromatic nitrogens is 1. The third kappa shape index (κ3) is 2.05. The van der Waals surface area contributed by atoms with Gasteiger partial charge in [0.1, 0.15) is 6.10 Å². The van der Waals surface area contributed by atoms with Crippen LogP contribution in [0, 0.1) is 0 Å². The Morgan fingerprint density at radius 2 is 2.29 bits per heavy atom. The van der Waals surface area contributed by atoms with Crippen LogP contribution in [0.15, 0.2) is 18.3 Å². The van der Waals surface area contributed by atoms with Crippen molar-refractivity contribution in [1.29, 1.82) is 0 Å². The molecule has 1 aliphatic carbocycles. The Morgan fingerprint density at radius 1 is 1.50 bits per heavy atom. The molecule has 4 heteroatoms. The summed E-state index contributed by atoms with van der Waals surface area (Å²) in [6, 6.07) is 3.77. The predicted octanol–water partition coefficient (Wildman–Crippen LogP) is 1.20. The molecule has 14 heavy (non-hydrogen) atoms. The molecule has 1 aromatic rings. The summed E-state index contributed by atoms with van der Waals surface area (Å²) < 4.78 is 0. The molecule has 3 N–H and O–H groups in total. The molecule has 0 saturated carbocycles. The minimum absolute atomic E-state index is 0. The van der Waals surface area contributed by atoms with E-state index in [0.29, 0.717) is 0 Å². The zero-order chi connectivity index (χ0) is 9.26. The van der Waals surface area contributed by atoms with Crippen molar-refractivity contribution in [2.75, 3.05) is 0 Å². The maximum Gasteiger partial charge on any atom is 0.111 e. The Hall–Kier alpha value is -0.640. The molecule has 2 atom stereocenters. The Kier molecular flexibility index (Phi) is 3.86. The molecule has 1 aliphatic rings. The molecule has 0 bridgehead atoms. The van der Waals surface area contributed by atoms with Crippen molar-refractivity contribution in [3.8, 4) is 0 Å². The van der Waals surface area contributed by atoms with Gasteiger partial charge in [-0.2, -0.15) is 0 Å². The lowest BCUT2D eigenvalue weighted by atomic mass is 10.1. The number of rotatable bonds is 0. The summed E-state index contributed by atoms with van der Waals surface area (Å²) in [5.74, 6) is 0. The third-order valence-electron chi connectivity index (χ3n) is 2.60. The molecule has 0 fully saturated rings. The highest BCUT2D eigenvalue weighted by atomic mass is 35.5. The lowest BCUT2D eigenvalue weighted by Crippen LogP contribution is -2.27. The minimum Gasteiger partial charge on any atom is -0.385 e. The number of aryl methyl sites for hydroxylation is 1. The van der Waals surface area contributed by atoms with Gasteiger partial charge in [-0.05, 0) is 30.9 Å². The quantitative estimate of drug-likeness (QED) is 0.638. The number of nitrogens with zero attached hydrogens (tertiary/aromatic N) is 1. The minimum atomic E-state index is -0.585. The van der Waals surface area contributed by atoms with E-state index in [1.165, 1.54) is 0 Å². The molecule has 78 valence electrons. The van der Waals surface area contributed by atoms with Crippen molar-refractivity contribution in [1.82, 2.24) is 4.98 Å². The molecule has 3 nitrogen and oxygen atoms in total. The van der Waals surface area contributed by atoms with Gasteiger partial charge in [-0.3, -0.25) is 4.98 Å². The first-order valence-corrected chi connectivity index (χ1v) is 4.66. The maximum absolute atomic E-state index is 9.82. The average Bonchev–Trinajstić information content (AvgIpc) is 2.29. The van der Waals surface area contributed by atoms with E-state index in [2.05, 4.69) is 4.98 Å². The molecule has 2 rings (SSSR count). The lowest BCUT2D eigenvalue weighted by molar-refractivity contribution is 0.140. The molecule has 1 aromatic heterocycles. The first-order valence-electron chi connectivity index (χ1n) is 4.66. The van der Waals surface area contributed by atoms with E-state index >= 15 is 0 Å². The van der Waals surface area contributed by atoms with Crippen LogP contribution in [0.5, 0.6) is 0 Å². The van der Waals surface area contributed by atoms with Crippen LogP contribution in [0.1, 0.15) is 30.2 Å². The highest BCUT2D eigenvalue weighted by Gasteiger charge is 2.23. The highest BCUT2D eigenvalue weighted by Crippen LogP contribution is 2.25. The van der Waals surface area contributed by atoms with Crippen LogP contribution in [0.25, 0.3) is 0 Å². The summed E-state index contributed by atoms with van der Waals surface area (Å²) in [6.45, 7) is 0. The van der Waals surface area contributed by atoms with Crippen LogP contribution in [0.3, 0.4) is 0 Å². The summed E-state index contributed by atoms with van der Waals surface area (Å²) in [4.78, 5) is 4.18. The number of aliphatic hydroxyl groups excluding tert-OH is 1. The molecule has 0 aliphatic heterocycles. The average molecular weight is 215 g/mol. The van der Waals surface area contributed by atoms with E-state index < -0.39 is 6.10 Å². The number of halogens is 1. The van der Waals surface area contributed by atoms with E-state index in [1.54, 1.807) is 6.20 Å². The largest absolute Gasteiger partial charge is 0.385 e. The van der Waals surface area contributed by atoms with Crippen molar-refractivity contribution in [2.45, 2.75) is 31.4 Å². The number of hydrogen-bond acceptors (Lipinski definition) is 3. The van der Waals surface area contributed by atoms with E-state index in [-0.39, 0.29) is 18.4 Å². The Balaban J connectivity index is 0.000000980. The van der Waals surface area contributed by atoms with Gasteiger partial charge in [-0.25, -0.2) is 0 Å². The van der Waals surface area contributed by atoms with Crippen LogP contribution in [0.4, 0.5) is 0 Å². The summed E-state index contributed by atoms with van der Waals surface area (Å²) in [6.07, 6.45) is 4.02. The van der Waals surface area contributed by atoms with E-state index in [0.717, 1.165) is 30.5 Å². The molecule has 0 spiro atoms. The van der Waals surface area contributed by atoms with Crippen molar-refractivity contribution < 1.29 is 5.11 Å². The molecule has 0 amide bonds. The molecule has 1 heterocycles. The maximum atomic E-state index is 9.82. The van der Waals surface area contributed by atoms with Crippen LogP contribution in [0.2, 0.25) is 0 Å². The van der Waals surface area contributed by atoms with Crippen molar-refractivity contribution in [3.63, 3.8) is 0 Å². The SMILES string of the molecule is Cl.N[C@@H]1CCCc2cccnc2[C@@H]1O. The molecule has 0 aromatic carbocycles. The van der Waals surface area contributed by atoms with Crippen molar-refractivity contribution in [3.05, 3.63) is 29.6 Å². The molecule has 0 unspecified atom stereocenters. The highest BCUT2D eigenvalue weighted by molar-refractivity contribution is 5.85. The topological polar surface area (TPSA) is 59.1 Å². The van der Waals surface area contributed by atoms with Gasteiger partial charge in [-0.1, -0.05) is 6.07 Å². The normalized spacial score (nSPS) is 25.9. The van der Waals surface area contributed by atoms with Gasteiger partial charge in [0, 0.05) is 12.2 Å². The second-order valence-electron chi connectivity index (χ2n) is 3.55. The van der Waals surface area contributed by atoms with Gasteiger partial charge in [-0.15, -0.1) is 12.4 Å². The second-order valence-corrected chi connectivity index (χ2v) is 3.55. The first-order chi connectivity index (χ1) is 6.29. The van der Waals surface area contributed by atoms with Crippen LogP contribution < -0.4 is 5.73 Å². The third-order valence-corrected chi connectivity index (χ3v) is 2.60. The summed E-state index contributed by atoms with van der Waals surface area (Å²) >= 11 is 0. The van der Waals surface area contributed by atoms with Gasteiger partial charge in [0.25, 0.3) is 0 Å². The Morgan fingerprint density at radius 3 is 3.07 bits per heavy atom. The summed E-state index contributed by atoms with van der Waals surface area (Å²) in [5, 5.41) is 9.82. The summed E-state index contributed by atoms with van der Waals surface area (Å²) in [5.41, 5.74) is 7.72. The standard InChI is InChI=1S/C10H14N2O.ClH/c11-8-5-1-3-7-4-2-6-12-9(7)10(8)13;/h2,4,6,8,10,13H,1,3,5,11H2;1H/t8-,10-;/m1./s1. The van der Waals surface area contributed by atoms with Gasteiger partial charge < -0.3 is 10.8 Å². The van der Waals surface area contributed by atoms with Crippen molar-refractivity contribution >= 4 is 12.4 Å². The zero-order valence-corrected chi connectivity index (χ0v) is 8.70. The zero-order valence-electron chi connectivity index (χ0n) is 7.89. The fourth-order valence-electron chi connectivity index (χ4n) is 1.82. The number of aliphatic hydroxyl groups is 1. The fraction of sp³-hybridized carbons (Fsp3) is 0.500. The van der Waals surface area contributed by atoms with Crippen LogP contribution in [-0.2, 0) is 6.42 Å². The van der Waals surface area contributed by atoms with Crippen LogP contribution in [-0.4, -0.2) is 16.1 Å². The van der Waals surface area contributed by atoms with Gasteiger partial charge in [0.15, 0.2) is 0 Å². The number of pyridine rings is 1. The van der Waals surface area contributed by atoms with Crippen molar-refractivity contribution in [2.24, 2.45) is 5.73 Å². The van der Waals surface area contributed by atoms with E-state index in [1.807, 2.05) is 12.1 Å². The van der Waals surface area contributed by atoms with Gasteiger partial charge in [0.2, 0.25) is 0 Å². The predicted molar refractivity (Wildman–Crippen MR) is 57.4 cm³/mol. The molecular formula is C10H15ClN2O. The second kappa shape index (κ2) is 4.73. The van der Waals surface area contributed by atoms with E-state index in [4.69, 9.17) is 5.73 Å². The fourth-order valence-corrected chi connectivity index (χ4v) is 1.82. The van der Waals surface area contributed by atoms with Crippen LogP contribution >= 0.6 is 12.4 Å². The Labute approximate surface area is 89.8 Å². The lowest BCUT2D eigenvalue weighted by Gasteiger charge is -2.15. The molecular weight excluding hydrogens is 200 g/mol.